The van der Waals surface area contributed by atoms with Crippen molar-refractivity contribution in [2.45, 2.75) is 68.5 Å². The fourth-order valence-electron chi connectivity index (χ4n) is 7.51. The van der Waals surface area contributed by atoms with Gasteiger partial charge >= 0.3 is 11.9 Å². The molecule has 3 aliphatic heterocycles. The molecule has 73 heavy (non-hydrogen) atoms. The molecule has 3 aliphatic rings. The molecule has 8 rings (SSSR count). The topological polar surface area (TPSA) is 235 Å². The largest absolute Gasteiger partial charge is 0.497 e. The number of nitrogens with one attached hydrogen (secondary N) is 2. The van der Waals surface area contributed by atoms with Crippen molar-refractivity contribution in [3.8, 4) is 28.7 Å². The number of hydroxylamine groups is 1. The van der Waals surface area contributed by atoms with Crippen LogP contribution >= 0.6 is 40.5 Å². The lowest BCUT2D eigenvalue weighted by Gasteiger charge is -2.21. The zero-order valence-corrected chi connectivity index (χ0v) is 45.8. The molecule has 0 fully saturated rings. The second-order valence-electron chi connectivity index (χ2n) is 16.3. The molecule has 19 nitrogen and oxygen atoms in total. The summed E-state index contributed by atoms with van der Waals surface area (Å²) in [5, 5.41) is 12.0. The lowest BCUT2D eigenvalue weighted by molar-refractivity contribution is 0.0591. The summed E-state index contributed by atoms with van der Waals surface area (Å²) >= 11 is 0. The highest BCUT2D eigenvalue weighted by Gasteiger charge is 2.32. The number of amides is 1. The predicted molar refractivity (Wildman–Crippen MR) is 286 cm³/mol. The van der Waals surface area contributed by atoms with Gasteiger partial charge in [-0.05, 0) is 106 Å². The summed E-state index contributed by atoms with van der Waals surface area (Å²) in [6.45, 7) is 7.71. The number of rotatable bonds is 9. The number of nitrogens with zero attached hydrogens (tertiary/aromatic N) is 2. The summed E-state index contributed by atoms with van der Waals surface area (Å²) in [5.74, 6) is 1.34. The van der Waals surface area contributed by atoms with Gasteiger partial charge in [-0.25, -0.2) is 31.9 Å². The van der Waals surface area contributed by atoms with Gasteiger partial charge in [0.15, 0.2) is 0 Å². The van der Waals surface area contributed by atoms with Gasteiger partial charge in [0.2, 0.25) is 20.0 Å². The molecule has 0 unspecified atom stereocenters. The van der Waals surface area contributed by atoms with Crippen LogP contribution in [0.4, 0.5) is 0 Å². The van der Waals surface area contributed by atoms with Crippen LogP contribution in [0.25, 0.3) is 0 Å². The molecule has 0 aliphatic carbocycles. The Kier molecular flexibility index (Phi) is 23.2. The smallest absolute Gasteiger partial charge is 0.337 e. The Morgan fingerprint density at radius 3 is 1.33 bits per heavy atom. The first-order valence-corrected chi connectivity index (χ1v) is 24.8. The van der Waals surface area contributed by atoms with E-state index in [-0.39, 0.29) is 100 Å². The number of methoxy groups -OCH3 is 4. The van der Waals surface area contributed by atoms with Crippen molar-refractivity contribution < 1.29 is 69.6 Å². The van der Waals surface area contributed by atoms with Crippen LogP contribution in [-0.2, 0) is 49.2 Å². The van der Waals surface area contributed by atoms with Crippen LogP contribution in [0, 0.1) is 0 Å². The summed E-state index contributed by atoms with van der Waals surface area (Å²) in [4.78, 5) is 35.0. The first-order chi connectivity index (χ1) is 33.4. The molecule has 0 radical (unpaired) electrons. The standard InChI is InChI=1S/C19H21NO6S.C18H20N2O6S.C12H15NO3.3H2S/c1-13-11-20(27(22,23)17-8-6-16(24-2)7-9-17)12-15-5-4-14(19(21)25-3)10-18(15)26-13;1-12-10-20(27(23,24)16-7-5-15(25-2)6-8-16)11-14-4-3-13(18(21)19-22)9-17(14)26-12;1-8-6-13-7-10-4-3-9(12(14)15-2)5-11(10)16-8;;;/h4-10,13H,11-12H2,1-3H3;3-9,12,22H,10-11H2,1-2H3,(H,19,21);3-5,8,13H,6-7H2,1-2H3;3*1H2/t13-;12-;8-;;;/m000.../s1. The van der Waals surface area contributed by atoms with Gasteiger partial charge in [0.05, 0.1) is 62.4 Å². The molecular weight excluding hydrogens is 1040 g/mol. The van der Waals surface area contributed by atoms with Crippen LogP contribution in [0.3, 0.4) is 0 Å². The average molecular weight is 1110 g/mol. The molecule has 0 bridgehead atoms. The van der Waals surface area contributed by atoms with E-state index in [0.29, 0.717) is 45.3 Å². The normalized spacial score (nSPS) is 17.1. The first kappa shape index (κ1) is 61.6. The van der Waals surface area contributed by atoms with Crippen molar-refractivity contribution in [1.29, 1.82) is 0 Å². The van der Waals surface area contributed by atoms with Gasteiger partial charge in [-0.15, -0.1) is 0 Å². The van der Waals surface area contributed by atoms with Crippen molar-refractivity contribution in [2.24, 2.45) is 0 Å². The zero-order valence-electron chi connectivity index (χ0n) is 41.2. The molecule has 5 aromatic carbocycles. The van der Waals surface area contributed by atoms with Crippen LogP contribution in [0.1, 0.15) is 68.5 Å². The van der Waals surface area contributed by atoms with E-state index in [1.165, 1.54) is 73.4 Å². The van der Waals surface area contributed by atoms with Crippen LogP contribution in [-0.4, -0.2) is 115 Å². The summed E-state index contributed by atoms with van der Waals surface area (Å²) in [6, 6.07) is 27.3. The second-order valence-corrected chi connectivity index (χ2v) is 20.1. The van der Waals surface area contributed by atoms with Gasteiger partial charge in [-0.1, -0.05) is 18.2 Å². The Hall–Kier alpha value is -5.70. The number of ether oxygens (including phenoxy) is 7. The van der Waals surface area contributed by atoms with Crippen molar-refractivity contribution in [3.63, 3.8) is 0 Å². The molecule has 398 valence electrons. The molecule has 24 heteroatoms. The summed E-state index contributed by atoms with van der Waals surface area (Å²) in [7, 11) is -1.73. The summed E-state index contributed by atoms with van der Waals surface area (Å²) in [6.07, 6.45) is -0.701. The predicted octanol–water partition coefficient (Wildman–Crippen LogP) is 5.92. The Balaban J connectivity index is 0.000000292. The quantitative estimate of drug-likeness (QED) is 0.0883. The molecule has 5 aromatic rings. The highest BCUT2D eigenvalue weighted by atomic mass is 32.2. The number of hydrogen-bond acceptors (Lipinski definition) is 16. The van der Waals surface area contributed by atoms with Gasteiger partial charge in [0.1, 0.15) is 47.1 Å². The van der Waals surface area contributed by atoms with Crippen molar-refractivity contribution >= 4 is 78.4 Å². The van der Waals surface area contributed by atoms with Crippen LogP contribution in [0.2, 0.25) is 0 Å². The van der Waals surface area contributed by atoms with Gasteiger partial charge in [0.25, 0.3) is 5.91 Å². The lowest BCUT2D eigenvalue weighted by Crippen LogP contribution is -2.36. The minimum absolute atomic E-state index is 0. The first-order valence-electron chi connectivity index (χ1n) is 21.9. The Bertz CT molecular complexity index is 2740. The minimum atomic E-state index is -3.74. The number of esters is 2. The SMILES string of the molecule is COC(=O)c1ccc2c(c1)O[C@@H](C)CN(S(=O)(=O)c1ccc(OC)cc1)C2.COC(=O)c1ccc2c(c1)O[C@@H](C)CNC2.COc1ccc(S(=O)(=O)N2Cc3ccc(C(=O)NO)cc3O[C@@H](C)C2)cc1.S.S.S. The third-order valence-electron chi connectivity index (χ3n) is 11.1. The maximum absolute atomic E-state index is 13.1. The third kappa shape index (κ3) is 15.4. The number of sulfonamides is 2. The molecule has 0 aromatic heterocycles. The van der Waals surface area contributed by atoms with E-state index in [0.717, 1.165) is 24.4 Å². The number of benzene rings is 5. The number of carbonyl (C=O) groups excluding carboxylic acids is 3. The highest BCUT2D eigenvalue weighted by Crippen LogP contribution is 2.32. The van der Waals surface area contributed by atoms with Crippen LogP contribution in [0.5, 0.6) is 28.7 Å². The van der Waals surface area contributed by atoms with Gasteiger partial charge in [0, 0.05) is 48.4 Å². The Labute approximate surface area is 446 Å². The molecule has 0 saturated heterocycles. The second kappa shape index (κ2) is 27.5. The van der Waals surface area contributed by atoms with Crippen molar-refractivity contribution in [2.75, 3.05) is 48.1 Å². The molecule has 3 N–H and O–H groups in total. The fourth-order valence-corrected chi connectivity index (χ4v) is 10.5. The van der Waals surface area contributed by atoms with Crippen LogP contribution in [0.15, 0.2) is 113 Å². The molecule has 0 saturated carbocycles. The Morgan fingerprint density at radius 2 is 0.932 bits per heavy atom. The monoisotopic (exact) mass is 1110 g/mol. The molecular formula is C49H62N4O15S5. The maximum atomic E-state index is 13.1. The number of fused-ring (bicyclic) bond motifs is 3. The molecule has 3 heterocycles. The fraction of sp³-hybridized carbons (Fsp3) is 0.327. The van der Waals surface area contributed by atoms with Gasteiger partial charge < -0.3 is 38.5 Å². The van der Waals surface area contributed by atoms with E-state index in [1.54, 1.807) is 80.0 Å². The lowest BCUT2D eigenvalue weighted by atomic mass is 10.1. The molecule has 3 atom stereocenters. The summed E-state index contributed by atoms with van der Waals surface area (Å²) < 4.78 is 91.9. The molecule has 0 spiro atoms. The van der Waals surface area contributed by atoms with E-state index in [9.17, 15) is 31.2 Å². The maximum Gasteiger partial charge on any atom is 0.337 e. The summed E-state index contributed by atoms with van der Waals surface area (Å²) in [5.41, 5.74) is 5.05. The average Bonchev–Trinajstić information content (AvgIpc) is 3.76. The van der Waals surface area contributed by atoms with Crippen molar-refractivity contribution in [3.05, 3.63) is 137 Å². The molecule has 1 amide bonds. The minimum Gasteiger partial charge on any atom is -0.497 e. The highest BCUT2D eigenvalue weighted by molar-refractivity contribution is 7.89. The van der Waals surface area contributed by atoms with E-state index in [2.05, 4.69) is 10.1 Å². The zero-order chi connectivity index (χ0) is 50.8. The van der Waals surface area contributed by atoms with Gasteiger partial charge in [-0.2, -0.15) is 49.1 Å². The van der Waals surface area contributed by atoms with Gasteiger partial charge in [-0.3, -0.25) is 10.0 Å². The number of carbonyl (C=O) groups is 3. The Morgan fingerprint density at radius 1 is 0.562 bits per heavy atom. The van der Waals surface area contributed by atoms with E-state index >= 15 is 0 Å². The van der Waals surface area contributed by atoms with Crippen molar-refractivity contribution in [1.82, 2.24) is 19.4 Å². The van der Waals surface area contributed by atoms with Crippen LogP contribution < -0.4 is 34.5 Å². The number of hydrogen-bond donors (Lipinski definition) is 3. The van der Waals surface area contributed by atoms with E-state index < -0.39 is 38.0 Å². The third-order valence-corrected chi connectivity index (χ3v) is 14.8. The van der Waals surface area contributed by atoms with E-state index in [1.807, 2.05) is 13.0 Å². The van der Waals surface area contributed by atoms with E-state index in [4.69, 9.17) is 33.6 Å².